The molecule has 248 valence electrons. The largest absolute Gasteiger partial charge is 0.457 e. The number of hydrogen-bond donors (Lipinski definition) is 0. The molecular weight excluding hydrogens is 649 g/mol. The van der Waals surface area contributed by atoms with Gasteiger partial charge in [-0.3, -0.25) is 0 Å². The average molecular weight is 679 g/mol. The highest BCUT2D eigenvalue weighted by molar-refractivity contribution is 6.12. The molecule has 0 amide bonds. The SMILES string of the molecule is c1ccc(N2c3ccccc3C3(c4ccccc4Oc4cc5c(cc43)c3ccccc3n5-c3ccc4oc5ccccc5c4c3)c3ccccc32)cc1. The summed E-state index contributed by atoms with van der Waals surface area (Å²) in [5.74, 6) is 1.72. The number of ether oxygens (including phenoxy) is 1. The maximum Gasteiger partial charge on any atom is 0.135 e. The van der Waals surface area contributed by atoms with Gasteiger partial charge in [-0.15, -0.1) is 0 Å². The van der Waals surface area contributed by atoms with Gasteiger partial charge >= 0.3 is 0 Å². The van der Waals surface area contributed by atoms with Crippen LogP contribution in [0.4, 0.5) is 17.1 Å². The number of nitrogens with zero attached hydrogens (tertiary/aromatic N) is 2. The van der Waals surface area contributed by atoms with Crippen molar-refractivity contribution in [2.75, 3.05) is 4.90 Å². The molecule has 0 bridgehead atoms. The lowest BCUT2D eigenvalue weighted by atomic mass is 9.61. The summed E-state index contributed by atoms with van der Waals surface area (Å²) >= 11 is 0. The van der Waals surface area contributed by atoms with Crippen LogP contribution in [-0.4, -0.2) is 4.57 Å². The molecule has 1 spiro atoms. The monoisotopic (exact) mass is 678 g/mol. The summed E-state index contributed by atoms with van der Waals surface area (Å²) in [6, 6.07) is 65.3. The van der Waals surface area contributed by atoms with Gasteiger partial charge in [-0.1, -0.05) is 109 Å². The topological polar surface area (TPSA) is 30.5 Å². The molecule has 8 aromatic carbocycles. The van der Waals surface area contributed by atoms with Gasteiger partial charge in [0.05, 0.1) is 27.8 Å². The molecule has 0 saturated heterocycles. The van der Waals surface area contributed by atoms with E-state index in [4.69, 9.17) is 9.15 Å². The highest BCUT2D eigenvalue weighted by Crippen LogP contribution is 2.63. The summed E-state index contributed by atoms with van der Waals surface area (Å²) in [5, 5.41) is 4.59. The Hall–Kier alpha value is -7.04. The number of aromatic nitrogens is 1. The molecule has 12 rings (SSSR count). The second-order valence-corrected chi connectivity index (χ2v) is 14.1. The highest BCUT2D eigenvalue weighted by Gasteiger charge is 2.51. The van der Waals surface area contributed by atoms with Crippen LogP contribution in [-0.2, 0) is 5.41 Å². The summed E-state index contributed by atoms with van der Waals surface area (Å²) in [4.78, 5) is 2.41. The first kappa shape index (κ1) is 28.6. The van der Waals surface area contributed by atoms with Crippen molar-refractivity contribution in [1.29, 1.82) is 0 Å². The lowest BCUT2D eigenvalue weighted by Crippen LogP contribution is -2.39. The molecule has 4 heteroatoms. The summed E-state index contributed by atoms with van der Waals surface area (Å²) in [6.07, 6.45) is 0. The van der Waals surface area contributed by atoms with Gasteiger partial charge in [0, 0.05) is 50.1 Å². The lowest BCUT2D eigenvalue weighted by molar-refractivity contribution is 0.435. The Balaban J connectivity index is 1.20. The Morgan fingerprint density at radius 2 is 1.02 bits per heavy atom. The fourth-order valence-corrected chi connectivity index (χ4v) is 9.32. The fourth-order valence-electron chi connectivity index (χ4n) is 9.32. The van der Waals surface area contributed by atoms with Crippen LogP contribution in [0.1, 0.15) is 22.3 Å². The van der Waals surface area contributed by atoms with Gasteiger partial charge in [-0.2, -0.15) is 0 Å². The minimum Gasteiger partial charge on any atom is -0.457 e. The molecule has 2 aliphatic rings. The van der Waals surface area contributed by atoms with Gasteiger partial charge in [0.15, 0.2) is 0 Å². The van der Waals surface area contributed by atoms with Gasteiger partial charge < -0.3 is 18.6 Å². The standard InChI is InChI=1S/C49H30N2O2/c1-2-14-31(15-3-1)50-42-22-10-6-18-37(42)49(38-19-7-11-23-43(38)50)39-20-8-13-25-47(39)53-48-30-44-35(29-40(48)49)33-16-4-9-21-41(33)51(44)32-26-27-46-36(28-32)34-17-5-12-24-45(34)52-46/h1-30H. The van der Waals surface area contributed by atoms with Crippen LogP contribution in [0.2, 0.25) is 0 Å². The molecule has 0 N–H and O–H groups in total. The van der Waals surface area contributed by atoms with Crippen molar-refractivity contribution in [1.82, 2.24) is 4.57 Å². The summed E-state index contributed by atoms with van der Waals surface area (Å²) in [5.41, 5.74) is 12.6. The second-order valence-electron chi connectivity index (χ2n) is 14.1. The number of para-hydroxylation sites is 6. The Morgan fingerprint density at radius 1 is 0.377 bits per heavy atom. The molecule has 0 fully saturated rings. The van der Waals surface area contributed by atoms with Gasteiger partial charge in [-0.25, -0.2) is 0 Å². The molecule has 4 nitrogen and oxygen atoms in total. The first-order chi connectivity index (χ1) is 26.3. The minimum absolute atomic E-state index is 0.644. The van der Waals surface area contributed by atoms with Crippen molar-refractivity contribution in [3.05, 3.63) is 204 Å². The molecule has 0 radical (unpaired) electrons. The normalized spacial score (nSPS) is 13.9. The Labute approximate surface area is 305 Å². The van der Waals surface area contributed by atoms with Crippen molar-refractivity contribution in [3.8, 4) is 17.2 Å². The Bertz CT molecular complexity index is 3070. The zero-order valence-corrected chi connectivity index (χ0v) is 28.5. The molecule has 0 atom stereocenters. The zero-order valence-electron chi connectivity index (χ0n) is 28.5. The van der Waals surface area contributed by atoms with Gasteiger partial charge in [0.1, 0.15) is 22.7 Å². The van der Waals surface area contributed by atoms with Crippen LogP contribution in [0.3, 0.4) is 0 Å². The second kappa shape index (κ2) is 10.5. The van der Waals surface area contributed by atoms with Crippen LogP contribution < -0.4 is 9.64 Å². The van der Waals surface area contributed by atoms with Crippen molar-refractivity contribution in [3.63, 3.8) is 0 Å². The summed E-state index contributed by atoms with van der Waals surface area (Å²) < 4.78 is 15.6. The van der Waals surface area contributed by atoms with Gasteiger partial charge in [0.25, 0.3) is 0 Å². The van der Waals surface area contributed by atoms with E-state index in [2.05, 4.69) is 179 Å². The van der Waals surface area contributed by atoms with Crippen LogP contribution in [0.25, 0.3) is 49.4 Å². The Kier molecular flexibility index (Phi) is 5.67. The molecule has 10 aromatic rings. The molecule has 53 heavy (non-hydrogen) atoms. The molecule has 4 heterocycles. The van der Waals surface area contributed by atoms with E-state index in [-0.39, 0.29) is 0 Å². The number of rotatable bonds is 2. The van der Waals surface area contributed by atoms with E-state index in [9.17, 15) is 0 Å². The van der Waals surface area contributed by atoms with E-state index >= 15 is 0 Å². The summed E-state index contributed by atoms with van der Waals surface area (Å²) in [7, 11) is 0. The quantitative estimate of drug-likeness (QED) is 0.182. The van der Waals surface area contributed by atoms with E-state index in [1.807, 2.05) is 12.1 Å². The number of furan rings is 1. The first-order valence-electron chi connectivity index (χ1n) is 18.1. The third kappa shape index (κ3) is 3.74. The van der Waals surface area contributed by atoms with Crippen LogP contribution in [0.15, 0.2) is 186 Å². The van der Waals surface area contributed by atoms with Crippen LogP contribution >= 0.6 is 0 Å². The smallest absolute Gasteiger partial charge is 0.135 e. The predicted octanol–water partition coefficient (Wildman–Crippen LogP) is 13.0. The number of hydrogen-bond acceptors (Lipinski definition) is 3. The van der Waals surface area contributed by atoms with Gasteiger partial charge in [-0.05, 0) is 77.9 Å². The maximum atomic E-state index is 7.02. The van der Waals surface area contributed by atoms with E-state index in [1.165, 1.54) is 21.9 Å². The van der Waals surface area contributed by atoms with E-state index < -0.39 is 5.41 Å². The molecular formula is C49H30N2O2. The lowest BCUT2D eigenvalue weighted by Gasteiger charge is -2.48. The van der Waals surface area contributed by atoms with Crippen molar-refractivity contribution in [2.24, 2.45) is 0 Å². The van der Waals surface area contributed by atoms with Crippen molar-refractivity contribution < 1.29 is 9.15 Å². The zero-order chi connectivity index (χ0) is 34.7. The van der Waals surface area contributed by atoms with Gasteiger partial charge in [0.2, 0.25) is 0 Å². The van der Waals surface area contributed by atoms with Crippen LogP contribution in [0, 0.1) is 0 Å². The third-order valence-electron chi connectivity index (χ3n) is 11.4. The average Bonchev–Trinajstić information content (AvgIpc) is 3.75. The van der Waals surface area contributed by atoms with E-state index in [0.717, 1.165) is 78.3 Å². The van der Waals surface area contributed by atoms with Crippen molar-refractivity contribution in [2.45, 2.75) is 5.41 Å². The molecule has 0 saturated carbocycles. The van der Waals surface area contributed by atoms with E-state index in [0.29, 0.717) is 0 Å². The number of fused-ring (bicyclic) bond motifs is 14. The number of anilines is 3. The fraction of sp³-hybridized carbons (Fsp3) is 0.0204. The van der Waals surface area contributed by atoms with Crippen LogP contribution in [0.5, 0.6) is 11.5 Å². The molecule has 2 aliphatic heterocycles. The third-order valence-corrected chi connectivity index (χ3v) is 11.4. The summed E-state index contributed by atoms with van der Waals surface area (Å²) in [6.45, 7) is 0. The minimum atomic E-state index is -0.644. The molecule has 0 aliphatic carbocycles. The predicted molar refractivity (Wildman–Crippen MR) is 215 cm³/mol. The molecule has 2 aromatic heterocycles. The Morgan fingerprint density at radius 3 is 1.83 bits per heavy atom. The van der Waals surface area contributed by atoms with Crippen molar-refractivity contribution >= 4 is 60.8 Å². The first-order valence-corrected chi connectivity index (χ1v) is 18.1. The van der Waals surface area contributed by atoms with E-state index in [1.54, 1.807) is 0 Å². The highest BCUT2D eigenvalue weighted by atomic mass is 16.5. The number of benzene rings is 8. The maximum absolute atomic E-state index is 7.02. The molecule has 0 unspecified atom stereocenters.